The summed E-state index contributed by atoms with van der Waals surface area (Å²) in [7, 11) is 0. The molecular weight excluding hydrogens is 266 g/mol. The summed E-state index contributed by atoms with van der Waals surface area (Å²) in [6.45, 7) is 8.32. The van der Waals surface area contributed by atoms with E-state index in [1.54, 1.807) is 6.92 Å². The lowest BCUT2D eigenvalue weighted by molar-refractivity contribution is -0.120. The van der Waals surface area contributed by atoms with E-state index in [1.165, 1.54) is 0 Å². The maximum atomic E-state index is 11.9. The van der Waals surface area contributed by atoms with Crippen molar-refractivity contribution in [2.24, 2.45) is 5.92 Å². The van der Waals surface area contributed by atoms with Crippen LogP contribution in [-0.2, 0) is 11.2 Å². The van der Waals surface area contributed by atoms with Crippen LogP contribution < -0.4 is 10.1 Å². The van der Waals surface area contributed by atoms with Crippen molar-refractivity contribution in [3.8, 4) is 5.75 Å². The normalized spacial score (nSPS) is 13.8. The standard InChI is InChI=1S/C17H27NO3/c1-12(2)21-16-7-5-6-15(9-16)10-17(20)18-11-13(3)8-14(4)19/h5-7,9,12-14,19H,8,10-11H2,1-4H3,(H,18,20). The Balaban J connectivity index is 2.44. The van der Waals surface area contributed by atoms with E-state index in [0.717, 1.165) is 11.3 Å². The Labute approximate surface area is 127 Å². The molecule has 0 aliphatic rings. The lowest BCUT2D eigenvalue weighted by Crippen LogP contribution is -2.30. The van der Waals surface area contributed by atoms with Gasteiger partial charge in [0.15, 0.2) is 0 Å². The number of benzene rings is 1. The maximum Gasteiger partial charge on any atom is 0.224 e. The lowest BCUT2D eigenvalue weighted by Gasteiger charge is -2.14. The largest absolute Gasteiger partial charge is 0.491 e. The van der Waals surface area contributed by atoms with Crippen molar-refractivity contribution in [3.63, 3.8) is 0 Å². The zero-order valence-corrected chi connectivity index (χ0v) is 13.4. The predicted octanol–water partition coefficient (Wildman–Crippen LogP) is 2.54. The van der Waals surface area contributed by atoms with E-state index in [-0.39, 0.29) is 24.0 Å². The van der Waals surface area contributed by atoms with E-state index >= 15 is 0 Å². The van der Waals surface area contributed by atoms with Crippen LogP contribution >= 0.6 is 0 Å². The molecule has 0 saturated heterocycles. The Hall–Kier alpha value is -1.55. The van der Waals surface area contributed by atoms with Crippen molar-refractivity contribution in [1.82, 2.24) is 5.32 Å². The fraction of sp³-hybridized carbons (Fsp3) is 0.588. The minimum absolute atomic E-state index is 0.00543. The first kappa shape index (κ1) is 17.5. The molecule has 2 atom stereocenters. The van der Waals surface area contributed by atoms with Crippen molar-refractivity contribution >= 4 is 5.91 Å². The van der Waals surface area contributed by atoms with Crippen molar-refractivity contribution in [1.29, 1.82) is 0 Å². The summed E-state index contributed by atoms with van der Waals surface area (Å²) in [6, 6.07) is 7.62. The molecule has 0 aromatic heterocycles. The topological polar surface area (TPSA) is 58.6 Å². The molecule has 1 aromatic carbocycles. The first-order chi connectivity index (χ1) is 9.86. The van der Waals surface area contributed by atoms with Crippen LogP contribution in [0.4, 0.5) is 0 Å². The van der Waals surface area contributed by atoms with Crippen LogP contribution in [0.15, 0.2) is 24.3 Å². The highest BCUT2D eigenvalue weighted by molar-refractivity contribution is 5.78. The maximum absolute atomic E-state index is 11.9. The van der Waals surface area contributed by atoms with E-state index in [1.807, 2.05) is 45.0 Å². The van der Waals surface area contributed by atoms with Crippen LogP contribution in [0, 0.1) is 5.92 Å². The van der Waals surface area contributed by atoms with E-state index in [4.69, 9.17) is 4.74 Å². The Kier molecular flexibility index (Phi) is 7.23. The zero-order chi connectivity index (χ0) is 15.8. The summed E-state index contributed by atoms with van der Waals surface area (Å²) >= 11 is 0. The molecule has 0 spiro atoms. The second-order valence-corrected chi connectivity index (χ2v) is 5.98. The van der Waals surface area contributed by atoms with Gasteiger partial charge in [-0.05, 0) is 50.8 Å². The number of carbonyl (C=O) groups excluding carboxylic acids is 1. The lowest BCUT2D eigenvalue weighted by atomic mass is 10.0. The monoisotopic (exact) mass is 293 g/mol. The first-order valence-electron chi connectivity index (χ1n) is 7.57. The van der Waals surface area contributed by atoms with E-state index < -0.39 is 0 Å². The van der Waals surface area contributed by atoms with Gasteiger partial charge in [0.1, 0.15) is 5.75 Å². The minimum Gasteiger partial charge on any atom is -0.491 e. The summed E-state index contributed by atoms with van der Waals surface area (Å²) in [6.07, 6.45) is 0.825. The molecule has 1 aromatic rings. The highest BCUT2D eigenvalue weighted by Crippen LogP contribution is 2.15. The quantitative estimate of drug-likeness (QED) is 0.774. The van der Waals surface area contributed by atoms with Gasteiger partial charge in [-0.2, -0.15) is 0 Å². The molecule has 2 N–H and O–H groups in total. The molecule has 1 amide bonds. The Morgan fingerprint density at radius 3 is 2.62 bits per heavy atom. The average Bonchev–Trinajstić information content (AvgIpc) is 2.35. The Bertz CT molecular complexity index is 443. The van der Waals surface area contributed by atoms with Gasteiger partial charge in [0, 0.05) is 6.54 Å². The van der Waals surface area contributed by atoms with E-state index in [2.05, 4.69) is 5.32 Å². The zero-order valence-electron chi connectivity index (χ0n) is 13.4. The van der Waals surface area contributed by atoms with Gasteiger partial charge in [-0.25, -0.2) is 0 Å². The molecule has 0 radical (unpaired) electrons. The van der Waals surface area contributed by atoms with Crippen LogP contribution in [-0.4, -0.2) is 29.8 Å². The molecule has 4 nitrogen and oxygen atoms in total. The van der Waals surface area contributed by atoms with Gasteiger partial charge in [-0.1, -0.05) is 19.1 Å². The molecule has 0 fully saturated rings. The summed E-state index contributed by atoms with van der Waals surface area (Å²) in [4.78, 5) is 11.9. The number of rotatable bonds is 8. The smallest absolute Gasteiger partial charge is 0.224 e. The van der Waals surface area contributed by atoms with Gasteiger partial charge in [-0.3, -0.25) is 4.79 Å². The van der Waals surface area contributed by atoms with Crippen LogP contribution in [0.5, 0.6) is 5.75 Å². The number of aliphatic hydroxyl groups excluding tert-OH is 1. The number of ether oxygens (including phenoxy) is 1. The van der Waals surface area contributed by atoms with Gasteiger partial charge in [0.2, 0.25) is 5.91 Å². The number of carbonyl (C=O) groups is 1. The fourth-order valence-corrected chi connectivity index (χ4v) is 2.20. The van der Waals surface area contributed by atoms with Crippen molar-refractivity contribution in [2.45, 2.75) is 52.7 Å². The molecule has 2 unspecified atom stereocenters. The minimum atomic E-state index is -0.332. The molecular formula is C17H27NO3. The van der Waals surface area contributed by atoms with Crippen LogP contribution in [0.25, 0.3) is 0 Å². The molecule has 0 aliphatic carbocycles. The Morgan fingerprint density at radius 1 is 1.29 bits per heavy atom. The molecule has 0 bridgehead atoms. The summed E-state index contributed by atoms with van der Waals surface area (Å²) in [5.41, 5.74) is 0.939. The fourth-order valence-electron chi connectivity index (χ4n) is 2.20. The van der Waals surface area contributed by atoms with Crippen LogP contribution in [0.3, 0.4) is 0 Å². The van der Waals surface area contributed by atoms with Gasteiger partial charge >= 0.3 is 0 Å². The summed E-state index contributed by atoms with van der Waals surface area (Å²) in [5.74, 6) is 1.05. The number of aliphatic hydroxyl groups is 1. The summed E-state index contributed by atoms with van der Waals surface area (Å²) < 4.78 is 5.62. The third-order valence-electron chi connectivity index (χ3n) is 3.03. The van der Waals surface area contributed by atoms with Crippen molar-refractivity contribution in [3.05, 3.63) is 29.8 Å². The predicted molar refractivity (Wildman–Crippen MR) is 84.4 cm³/mol. The number of nitrogens with one attached hydrogen (secondary N) is 1. The molecule has 0 heterocycles. The van der Waals surface area contributed by atoms with Gasteiger partial charge in [-0.15, -0.1) is 0 Å². The Morgan fingerprint density at radius 2 is 2.00 bits per heavy atom. The number of hydrogen-bond donors (Lipinski definition) is 2. The van der Waals surface area contributed by atoms with E-state index in [0.29, 0.717) is 19.4 Å². The third kappa shape index (κ3) is 7.71. The second kappa shape index (κ2) is 8.67. The second-order valence-electron chi connectivity index (χ2n) is 5.98. The summed E-state index contributed by atoms with van der Waals surface area (Å²) in [5, 5.41) is 12.2. The molecule has 118 valence electrons. The SMILES string of the molecule is CC(O)CC(C)CNC(=O)Cc1cccc(OC(C)C)c1. The third-order valence-corrected chi connectivity index (χ3v) is 3.03. The molecule has 0 aliphatic heterocycles. The average molecular weight is 293 g/mol. The van der Waals surface area contributed by atoms with Crippen molar-refractivity contribution in [2.75, 3.05) is 6.54 Å². The van der Waals surface area contributed by atoms with Gasteiger partial charge in [0.25, 0.3) is 0 Å². The number of hydrogen-bond acceptors (Lipinski definition) is 3. The molecule has 21 heavy (non-hydrogen) atoms. The van der Waals surface area contributed by atoms with Crippen LogP contribution in [0.1, 0.15) is 39.7 Å². The first-order valence-corrected chi connectivity index (χ1v) is 7.57. The van der Waals surface area contributed by atoms with E-state index in [9.17, 15) is 9.90 Å². The highest BCUT2D eigenvalue weighted by atomic mass is 16.5. The van der Waals surface area contributed by atoms with Gasteiger partial charge < -0.3 is 15.2 Å². The molecule has 1 rings (SSSR count). The number of amides is 1. The molecule has 4 heteroatoms. The van der Waals surface area contributed by atoms with Gasteiger partial charge in [0.05, 0.1) is 18.6 Å². The molecule has 0 saturated carbocycles. The highest BCUT2D eigenvalue weighted by Gasteiger charge is 2.09. The van der Waals surface area contributed by atoms with Crippen LogP contribution in [0.2, 0.25) is 0 Å². The van der Waals surface area contributed by atoms with Crippen molar-refractivity contribution < 1.29 is 14.6 Å².